The molecule has 0 amide bonds. The van der Waals surface area contributed by atoms with E-state index < -0.39 is 10.0 Å². The lowest BCUT2D eigenvalue weighted by molar-refractivity contribution is 0.176. The average Bonchev–Trinajstić information content (AvgIpc) is 3.17. The fourth-order valence-electron chi connectivity index (χ4n) is 2.38. The van der Waals surface area contributed by atoms with E-state index in [9.17, 15) is 8.42 Å². The van der Waals surface area contributed by atoms with E-state index in [2.05, 4.69) is 15.0 Å². The first-order chi connectivity index (χ1) is 9.07. The maximum atomic E-state index is 12.1. The minimum atomic E-state index is -3.01. The van der Waals surface area contributed by atoms with Crippen molar-refractivity contribution in [3.8, 4) is 0 Å². The second-order valence-corrected chi connectivity index (χ2v) is 7.43. The third-order valence-electron chi connectivity index (χ3n) is 3.81. The van der Waals surface area contributed by atoms with Gasteiger partial charge >= 0.3 is 0 Å². The quantitative estimate of drug-likeness (QED) is 0.740. The average molecular weight is 285 g/mol. The van der Waals surface area contributed by atoms with Gasteiger partial charge < -0.3 is 0 Å². The summed E-state index contributed by atoms with van der Waals surface area (Å²) in [4.78, 5) is 6.42. The van der Waals surface area contributed by atoms with Crippen LogP contribution in [0, 0.1) is 0 Å². The normalized spacial score (nSPS) is 22.8. The van der Waals surface area contributed by atoms with Crippen LogP contribution in [0.2, 0.25) is 0 Å². The van der Waals surface area contributed by atoms with E-state index in [1.807, 2.05) is 7.05 Å². The van der Waals surface area contributed by atoms with Gasteiger partial charge in [-0.05, 0) is 12.8 Å². The van der Waals surface area contributed by atoms with E-state index in [0.29, 0.717) is 13.1 Å². The summed E-state index contributed by atoms with van der Waals surface area (Å²) in [6.07, 6.45) is 3.21. The van der Waals surface area contributed by atoms with Crippen molar-refractivity contribution in [3.63, 3.8) is 0 Å². The van der Waals surface area contributed by atoms with Crippen LogP contribution in [-0.4, -0.2) is 63.8 Å². The van der Waals surface area contributed by atoms with Crippen molar-refractivity contribution in [1.29, 1.82) is 0 Å². The zero-order valence-electron chi connectivity index (χ0n) is 11.1. The van der Waals surface area contributed by atoms with E-state index in [0.717, 1.165) is 38.3 Å². The lowest BCUT2D eigenvalue weighted by atomic mass is 10.3. The van der Waals surface area contributed by atoms with Crippen molar-refractivity contribution in [1.82, 2.24) is 24.0 Å². The first-order valence-corrected chi connectivity index (χ1v) is 8.12. The number of hydrogen-bond acceptors (Lipinski definition) is 5. The summed E-state index contributed by atoms with van der Waals surface area (Å²) in [5.41, 5.74) is 0. The molecule has 0 radical (unpaired) electrons. The Bertz CT molecular complexity index is 543. The fourth-order valence-corrected chi connectivity index (χ4v) is 4.21. The Kier molecular flexibility index (Phi) is 3.32. The second kappa shape index (κ2) is 4.84. The smallest absolute Gasteiger partial charge is 0.217 e. The number of rotatable bonds is 4. The number of sulfonamides is 1. The van der Waals surface area contributed by atoms with Gasteiger partial charge in [-0.3, -0.25) is 9.58 Å². The van der Waals surface area contributed by atoms with Crippen LogP contribution in [0.5, 0.6) is 0 Å². The molecule has 0 aromatic carbocycles. The van der Waals surface area contributed by atoms with Crippen molar-refractivity contribution in [3.05, 3.63) is 12.2 Å². The Morgan fingerprint density at radius 1 is 1.26 bits per heavy atom. The van der Waals surface area contributed by atoms with Crippen LogP contribution in [0.15, 0.2) is 6.33 Å². The molecule has 0 atom stereocenters. The summed E-state index contributed by atoms with van der Waals surface area (Å²) in [6, 6.07) is 0. The zero-order valence-corrected chi connectivity index (χ0v) is 11.9. The Morgan fingerprint density at radius 3 is 2.47 bits per heavy atom. The standard InChI is InChI=1S/C11H19N5O2S/c1-14-11(12-9-13-14)8-15-4-6-16(7-5-15)19(17,18)10-2-3-10/h9-10H,2-8H2,1H3. The van der Waals surface area contributed by atoms with Crippen LogP contribution in [0.3, 0.4) is 0 Å². The molecule has 0 spiro atoms. The van der Waals surface area contributed by atoms with Gasteiger partial charge in [-0.15, -0.1) is 0 Å². The maximum Gasteiger partial charge on any atom is 0.217 e. The molecule has 1 saturated heterocycles. The molecule has 3 rings (SSSR count). The molecule has 2 aliphatic rings. The molecule has 19 heavy (non-hydrogen) atoms. The van der Waals surface area contributed by atoms with Gasteiger partial charge in [0.05, 0.1) is 11.8 Å². The molecule has 1 aromatic heterocycles. The number of aryl methyl sites for hydroxylation is 1. The van der Waals surface area contributed by atoms with Crippen molar-refractivity contribution in [2.75, 3.05) is 26.2 Å². The van der Waals surface area contributed by atoms with Gasteiger partial charge in [-0.25, -0.2) is 13.4 Å². The summed E-state index contributed by atoms with van der Waals surface area (Å²) in [5.74, 6) is 0.915. The van der Waals surface area contributed by atoms with Crippen molar-refractivity contribution < 1.29 is 8.42 Å². The fraction of sp³-hybridized carbons (Fsp3) is 0.818. The summed E-state index contributed by atoms with van der Waals surface area (Å²) in [5, 5.41) is 3.94. The van der Waals surface area contributed by atoms with Crippen LogP contribution in [0.1, 0.15) is 18.7 Å². The number of aromatic nitrogens is 3. The van der Waals surface area contributed by atoms with Gasteiger partial charge in [0.15, 0.2) is 0 Å². The van der Waals surface area contributed by atoms with Gasteiger partial charge in [0, 0.05) is 33.2 Å². The zero-order chi connectivity index (χ0) is 13.5. The predicted octanol–water partition coefficient (Wildman–Crippen LogP) is -0.575. The molecule has 8 heteroatoms. The lowest BCUT2D eigenvalue weighted by Gasteiger charge is -2.33. The van der Waals surface area contributed by atoms with Crippen LogP contribution < -0.4 is 0 Å². The van der Waals surface area contributed by atoms with Gasteiger partial charge in [0.25, 0.3) is 0 Å². The lowest BCUT2D eigenvalue weighted by Crippen LogP contribution is -2.49. The summed E-state index contributed by atoms with van der Waals surface area (Å²) in [7, 11) is -1.14. The highest BCUT2D eigenvalue weighted by molar-refractivity contribution is 7.90. The molecule has 0 unspecified atom stereocenters. The van der Waals surface area contributed by atoms with Gasteiger partial charge in [-0.1, -0.05) is 0 Å². The van der Waals surface area contributed by atoms with Crippen LogP contribution in [0.4, 0.5) is 0 Å². The number of piperazine rings is 1. The molecule has 1 aliphatic heterocycles. The minimum Gasteiger partial charge on any atom is -0.293 e. The monoisotopic (exact) mass is 285 g/mol. The van der Waals surface area contributed by atoms with Crippen molar-refractivity contribution >= 4 is 10.0 Å². The summed E-state index contributed by atoms with van der Waals surface area (Å²) in [6.45, 7) is 3.44. The molecule has 1 saturated carbocycles. The van der Waals surface area contributed by atoms with E-state index in [1.54, 1.807) is 15.3 Å². The molecule has 1 aromatic rings. The Hall–Kier alpha value is -0.990. The first kappa shape index (κ1) is 13.0. The number of hydrogen-bond donors (Lipinski definition) is 0. The number of nitrogens with zero attached hydrogens (tertiary/aromatic N) is 5. The molecule has 2 heterocycles. The van der Waals surface area contributed by atoms with Gasteiger partial charge in [0.1, 0.15) is 12.2 Å². The molecule has 0 bridgehead atoms. The SMILES string of the molecule is Cn1ncnc1CN1CCN(S(=O)(=O)C2CC2)CC1. The topological polar surface area (TPSA) is 71.3 Å². The Balaban J connectivity index is 1.56. The molecule has 2 fully saturated rings. The largest absolute Gasteiger partial charge is 0.293 e. The van der Waals surface area contributed by atoms with Crippen LogP contribution >= 0.6 is 0 Å². The molecule has 106 valence electrons. The molecule has 1 aliphatic carbocycles. The molecule has 7 nitrogen and oxygen atoms in total. The second-order valence-electron chi connectivity index (χ2n) is 5.22. The molecular formula is C11H19N5O2S. The summed E-state index contributed by atoms with van der Waals surface area (Å²) < 4.78 is 27.6. The highest BCUT2D eigenvalue weighted by Gasteiger charge is 2.40. The third-order valence-corrected chi connectivity index (χ3v) is 6.21. The Morgan fingerprint density at radius 2 is 1.95 bits per heavy atom. The molecule has 0 N–H and O–H groups in total. The van der Waals surface area contributed by atoms with Crippen LogP contribution in [-0.2, 0) is 23.6 Å². The maximum absolute atomic E-state index is 12.1. The van der Waals surface area contributed by atoms with E-state index in [-0.39, 0.29) is 5.25 Å². The van der Waals surface area contributed by atoms with Crippen LogP contribution in [0.25, 0.3) is 0 Å². The Labute approximate surface area is 113 Å². The first-order valence-electron chi connectivity index (χ1n) is 6.61. The van der Waals surface area contributed by atoms with Crippen molar-refractivity contribution in [2.24, 2.45) is 7.05 Å². The highest BCUT2D eigenvalue weighted by Crippen LogP contribution is 2.31. The van der Waals surface area contributed by atoms with E-state index in [4.69, 9.17) is 0 Å². The highest BCUT2D eigenvalue weighted by atomic mass is 32.2. The van der Waals surface area contributed by atoms with Gasteiger partial charge in [0.2, 0.25) is 10.0 Å². The van der Waals surface area contributed by atoms with Gasteiger partial charge in [-0.2, -0.15) is 9.40 Å². The van der Waals surface area contributed by atoms with E-state index >= 15 is 0 Å². The third kappa shape index (κ3) is 2.65. The predicted molar refractivity (Wildman–Crippen MR) is 69.8 cm³/mol. The van der Waals surface area contributed by atoms with Crippen molar-refractivity contribution in [2.45, 2.75) is 24.6 Å². The summed E-state index contributed by atoms with van der Waals surface area (Å²) >= 11 is 0. The molecular weight excluding hydrogens is 266 g/mol. The minimum absolute atomic E-state index is 0.0993. The van der Waals surface area contributed by atoms with E-state index in [1.165, 1.54) is 0 Å².